The van der Waals surface area contributed by atoms with Crippen molar-refractivity contribution in [2.75, 3.05) is 0 Å². The number of rotatable bonds is 3. The van der Waals surface area contributed by atoms with E-state index in [-0.39, 0.29) is 5.82 Å². The predicted octanol–water partition coefficient (Wildman–Crippen LogP) is 7.90. The van der Waals surface area contributed by atoms with Gasteiger partial charge in [-0.05, 0) is 76.3 Å². The van der Waals surface area contributed by atoms with Crippen LogP contribution in [0.5, 0.6) is 0 Å². The maximum Gasteiger partial charge on any atom is 0.124 e. The normalized spacial score (nSPS) is 14.2. The number of hydrogen-bond acceptors (Lipinski definition) is 0. The van der Waals surface area contributed by atoms with Gasteiger partial charge in [-0.1, -0.05) is 80.0 Å². The number of benzene rings is 3. The molecule has 0 radical (unpaired) electrons. The van der Waals surface area contributed by atoms with Gasteiger partial charge in [0.1, 0.15) is 5.82 Å². The van der Waals surface area contributed by atoms with Crippen LogP contribution in [0.25, 0.3) is 11.1 Å². The molecule has 4 rings (SSSR count). The summed E-state index contributed by atoms with van der Waals surface area (Å²) in [6, 6.07) is 22.2. The Labute approximate surface area is 171 Å². The van der Waals surface area contributed by atoms with Gasteiger partial charge in [0, 0.05) is 0 Å². The molecule has 0 aromatic heterocycles. The van der Waals surface area contributed by atoms with Crippen molar-refractivity contribution in [3.63, 3.8) is 0 Å². The number of hydrogen-bond donors (Lipinski definition) is 0. The predicted molar refractivity (Wildman–Crippen MR) is 117 cm³/mol. The second kappa shape index (κ2) is 7.93. The average Bonchev–Trinajstić information content (AvgIpc) is 2.87. The zero-order chi connectivity index (χ0) is 19.7. The highest BCUT2D eigenvalue weighted by molar-refractivity contribution is 6.32. The lowest BCUT2D eigenvalue weighted by Crippen LogP contribution is -1.97. The summed E-state index contributed by atoms with van der Waals surface area (Å²) in [5, 5.41) is 0.477. The number of aryl methyl sites for hydroxylation is 1. The standard InChI is InChI=1S/C26H24ClF/c1-17(2)18-10-12-20(13-11-18)26-22-8-4-3-6-19(22)7-5-9-24(26)23-15-14-21(28)16-25(23)27/h3-4,6,8,10-17H,5,7,9H2,1-2H3. The lowest BCUT2D eigenvalue weighted by molar-refractivity contribution is 0.627. The Hall–Kier alpha value is -2.38. The van der Waals surface area contributed by atoms with Gasteiger partial charge in [0.05, 0.1) is 5.02 Å². The minimum absolute atomic E-state index is 0.300. The van der Waals surface area contributed by atoms with Gasteiger partial charge in [0.25, 0.3) is 0 Å². The summed E-state index contributed by atoms with van der Waals surface area (Å²) >= 11 is 6.49. The molecule has 3 aromatic rings. The van der Waals surface area contributed by atoms with E-state index in [2.05, 4.69) is 62.4 Å². The Morgan fingerprint density at radius 1 is 0.857 bits per heavy atom. The number of halogens is 2. The third-order valence-corrected chi connectivity index (χ3v) is 5.90. The van der Waals surface area contributed by atoms with Crippen molar-refractivity contribution in [3.05, 3.63) is 105 Å². The molecule has 0 unspecified atom stereocenters. The third kappa shape index (κ3) is 3.64. The summed E-state index contributed by atoms with van der Waals surface area (Å²) in [7, 11) is 0. The summed E-state index contributed by atoms with van der Waals surface area (Å²) in [5.74, 6) is 0.196. The van der Waals surface area contributed by atoms with E-state index in [9.17, 15) is 4.39 Å². The van der Waals surface area contributed by atoms with Gasteiger partial charge >= 0.3 is 0 Å². The molecular weight excluding hydrogens is 367 g/mol. The molecular formula is C26H24ClF. The summed E-state index contributed by atoms with van der Waals surface area (Å²) in [6.45, 7) is 4.41. The highest BCUT2D eigenvalue weighted by Crippen LogP contribution is 2.41. The monoisotopic (exact) mass is 390 g/mol. The highest BCUT2D eigenvalue weighted by atomic mass is 35.5. The Morgan fingerprint density at radius 3 is 2.32 bits per heavy atom. The molecule has 0 saturated heterocycles. The van der Waals surface area contributed by atoms with Crippen LogP contribution in [0.4, 0.5) is 4.39 Å². The largest absolute Gasteiger partial charge is 0.207 e. The molecule has 0 nitrogen and oxygen atoms in total. The second-order valence-electron chi connectivity index (χ2n) is 7.77. The van der Waals surface area contributed by atoms with Gasteiger partial charge in [0.15, 0.2) is 0 Å². The molecule has 0 fully saturated rings. The van der Waals surface area contributed by atoms with Crippen LogP contribution >= 0.6 is 11.6 Å². The lowest BCUT2D eigenvalue weighted by Gasteiger charge is -2.18. The van der Waals surface area contributed by atoms with Crippen LogP contribution in [-0.4, -0.2) is 0 Å². The molecule has 0 aliphatic heterocycles. The van der Waals surface area contributed by atoms with E-state index in [1.54, 1.807) is 0 Å². The van der Waals surface area contributed by atoms with Crippen LogP contribution in [0.15, 0.2) is 66.7 Å². The fourth-order valence-corrected chi connectivity index (χ4v) is 4.37. The molecule has 2 heteroatoms. The smallest absolute Gasteiger partial charge is 0.124 e. The Morgan fingerprint density at radius 2 is 1.61 bits per heavy atom. The molecule has 0 N–H and O–H groups in total. The first-order valence-electron chi connectivity index (χ1n) is 9.92. The van der Waals surface area contributed by atoms with E-state index < -0.39 is 0 Å². The highest BCUT2D eigenvalue weighted by Gasteiger charge is 2.21. The molecule has 142 valence electrons. The fourth-order valence-electron chi connectivity index (χ4n) is 4.09. The molecule has 0 atom stereocenters. The molecule has 0 saturated carbocycles. The van der Waals surface area contributed by atoms with Gasteiger partial charge in [-0.3, -0.25) is 0 Å². The van der Waals surface area contributed by atoms with Crippen LogP contribution in [0, 0.1) is 5.82 Å². The Bertz CT molecular complexity index is 1030. The van der Waals surface area contributed by atoms with Gasteiger partial charge in [-0.15, -0.1) is 0 Å². The molecule has 1 aliphatic carbocycles. The molecule has 0 amide bonds. The van der Waals surface area contributed by atoms with Crippen molar-refractivity contribution in [1.29, 1.82) is 0 Å². The van der Waals surface area contributed by atoms with Gasteiger partial charge in [0.2, 0.25) is 0 Å². The van der Waals surface area contributed by atoms with Crippen LogP contribution in [-0.2, 0) is 6.42 Å². The first-order valence-corrected chi connectivity index (χ1v) is 10.3. The number of allylic oxidation sites excluding steroid dienone is 1. The van der Waals surface area contributed by atoms with Gasteiger partial charge in [-0.25, -0.2) is 4.39 Å². The van der Waals surface area contributed by atoms with Crippen molar-refractivity contribution >= 4 is 22.7 Å². The minimum atomic E-state index is -0.300. The van der Waals surface area contributed by atoms with Crippen molar-refractivity contribution < 1.29 is 4.39 Å². The molecule has 0 heterocycles. The molecule has 0 spiro atoms. The summed E-state index contributed by atoms with van der Waals surface area (Å²) in [5.41, 5.74) is 8.49. The molecule has 3 aromatic carbocycles. The number of fused-ring (bicyclic) bond motifs is 1. The third-order valence-electron chi connectivity index (χ3n) is 5.58. The average molecular weight is 391 g/mol. The summed E-state index contributed by atoms with van der Waals surface area (Å²) < 4.78 is 13.7. The Balaban J connectivity index is 1.98. The first-order chi connectivity index (χ1) is 13.5. The van der Waals surface area contributed by atoms with E-state index in [4.69, 9.17) is 11.6 Å². The van der Waals surface area contributed by atoms with E-state index in [0.29, 0.717) is 10.9 Å². The zero-order valence-corrected chi connectivity index (χ0v) is 17.1. The van der Waals surface area contributed by atoms with Crippen LogP contribution < -0.4 is 0 Å². The van der Waals surface area contributed by atoms with Crippen molar-refractivity contribution in [2.45, 2.75) is 39.0 Å². The van der Waals surface area contributed by atoms with E-state index in [1.807, 2.05) is 6.07 Å². The van der Waals surface area contributed by atoms with Gasteiger partial charge < -0.3 is 0 Å². The first kappa shape index (κ1) is 19.0. The van der Waals surface area contributed by atoms with E-state index >= 15 is 0 Å². The molecule has 1 aliphatic rings. The quantitative estimate of drug-likeness (QED) is 0.426. The Kier molecular flexibility index (Phi) is 5.37. The fraction of sp³-hybridized carbons (Fsp3) is 0.231. The summed E-state index contributed by atoms with van der Waals surface area (Å²) in [6.07, 6.45) is 3.00. The van der Waals surface area contributed by atoms with Crippen LogP contribution in [0.3, 0.4) is 0 Å². The molecule has 28 heavy (non-hydrogen) atoms. The van der Waals surface area contributed by atoms with Crippen molar-refractivity contribution in [1.82, 2.24) is 0 Å². The topological polar surface area (TPSA) is 0 Å². The van der Waals surface area contributed by atoms with Crippen molar-refractivity contribution in [3.8, 4) is 0 Å². The molecule has 0 bridgehead atoms. The second-order valence-corrected chi connectivity index (χ2v) is 8.17. The maximum atomic E-state index is 13.7. The minimum Gasteiger partial charge on any atom is -0.207 e. The maximum absolute atomic E-state index is 13.7. The van der Waals surface area contributed by atoms with Crippen molar-refractivity contribution in [2.24, 2.45) is 0 Å². The van der Waals surface area contributed by atoms with Crippen LogP contribution in [0.2, 0.25) is 5.02 Å². The lowest BCUT2D eigenvalue weighted by atomic mass is 9.87. The summed E-state index contributed by atoms with van der Waals surface area (Å²) in [4.78, 5) is 0. The van der Waals surface area contributed by atoms with Crippen LogP contribution in [0.1, 0.15) is 60.4 Å². The zero-order valence-electron chi connectivity index (χ0n) is 16.3. The van der Waals surface area contributed by atoms with Gasteiger partial charge in [-0.2, -0.15) is 0 Å². The van der Waals surface area contributed by atoms with E-state index in [0.717, 1.165) is 24.8 Å². The SMILES string of the molecule is CC(C)c1ccc(C2=C(c3ccc(F)cc3Cl)CCCc3ccccc32)cc1. The van der Waals surface area contributed by atoms with E-state index in [1.165, 1.54) is 45.5 Å².